The van der Waals surface area contributed by atoms with Gasteiger partial charge in [0, 0.05) is 44.6 Å². The Labute approximate surface area is 146 Å². The van der Waals surface area contributed by atoms with Crippen LogP contribution in [0, 0.1) is 5.82 Å². The van der Waals surface area contributed by atoms with E-state index < -0.39 is 5.82 Å². The molecule has 6 nitrogen and oxygen atoms in total. The monoisotopic (exact) mass is 343 g/mol. The molecule has 0 N–H and O–H groups in total. The maximum atomic E-state index is 13.1. The molecule has 2 aliphatic rings. The Morgan fingerprint density at radius 1 is 1.12 bits per heavy atom. The lowest BCUT2D eigenvalue weighted by molar-refractivity contribution is -0.0746. The molecule has 7 heteroatoms. The van der Waals surface area contributed by atoms with Crippen LogP contribution in [-0.4, -0.2) is 58.2 Å². The molecule has 4 rings (SSSR count). The molecule has 0 saturated carbocycles. The SMILES string of the molecule is Fc1cnc(N2CC[C@@H]3[C@@H](CC2)OCCN3Cc2cccnc2)nc1. The number of hydrogen-bond donors (Lipinski definition) is 0. The summed E-state index contributed by atoms with van der Waals surface area (Å²) >= 11 is 0. The number of hydrogen-bond acceptors (Lipinski definition) is 6. The van der Waals surface area contributed by atoms with Gasteiger partial charge >= 0.3 is 0 Å². The Morgan fingerprint density at radius 2 is 1.96 bits per heavy atom. The smallest absolute Gasteiger partial charge is 0.225 e. The standard InChI is InChI=1S/C18H22FN5O/c19-15-11-21-18(22-12-15)23-6-3-16-17(4-7-23)25-9-8-24(16)13-14-2-1-5-20-10-14/h1-2,5,10-12,16-17H,3-4,6-9,13H2/t16-,17-/m1/s1. The second kappa shape index (κ2) is 7.41. The molecule has 25 heavy (non-hydrogen) atoms. The van der Waals surface area contributed by atoms with E-state index in [2.05, 4.69) is 30.8 Å². The molecule has 2 saturated heterocycles. The first kappa shape index (κ1) is 16.4. The van der Waals surface area contributed by atoms with Crippen LogP contribution < -0.4 is 4.90 Å². The third-order valence-electron chi connectivity index (χ3n) is 4.98. The third-order valence-corrected chi connectivity index (χ3v) is 4.98. The number of halogens is 1. The predicted octanol–water partition coefficient (Wildman–Crippen LogP) is 1.88. The lowest BCUT2D eigenvalue weighted by Gasteiger charge is -2.40. The molecule has 2 aromatic rings. The summed E-state index contributed by atoms with van der Waals surface area (Å²) < 4.78 is 19.1. The fourth-order valence-electron chi connectivity index (χ4n) is 3.75. The van der Waals surface area contributed by atoms with Crippen LogP contribution in [0.1, 0.15) is 18.4 Å². The first-order valence-electron chi connectivity index (χ1n) is 8.76. The Morgan fingerprint density at radius 3 is 2.76 bits per heavy atom. The van der Waals surface area contributed by atoms with Crippen LogP contribution in [0.5, 0.6) is 0 Å². The molecular weight excluding hydrogens is 321 g/mol. The molecular formula is C18H22FN5O. The molecule has 0 spiro atoms. The van der Waals surface area contributed by atoms with Crippen LogP contribution >= 0.6 is 0 Å². The van der Waals surface area contributed by atoms with Crippen molar-refractivity contribution in [2.45, 2.75) is 31.5 Å². The van der Waals surface area contributed by atoms with Crippen molar-refractivity contribution in [1.29, 1.82) is 0 Å². The number of aromatic nitrogens is 3. The van der Waals surface area contributed by atoms with Crippen LogP contribution in [0.15, 0.2) is 36.9 Å². The summed E-state index contributed by atoms with van der Waals surface area (Å²) in [5.74, 6) is 0.192. The normalized spacial score (nSPS) is 24.6. The number of nitrogens with zero attached hydrogens (tertiary/aromatic N) is 5. The molecule has 0 amide bonds. The van der Waals surface area contributed by atoms with Gasteiger partial charge in [0.15, 0.2) is 5.82 Å². The summed E-state index contributed by atoms with van der Waals surface area (Å²) in [6.07, 6.45) is 8.31. The van der Waals surface area contributed by atoms with Gasteiger partial charge in [0.2, 0.25) is 5.95 Å². The van der Waals surface area contributed by atoms with E-state index >= 15 is 0 Å². The van der Waals surface area contributed by atoms with Crippen LogP contribution in [0.3, 0.4) is 0 Å². The number of pyridine rings is 1. The van der Waals surface area contributed by atoms with Crippen LogP contribution in [0.4, 0.5) is 10.3 Å². The van der Waals surface area contributed by atoms with E-state index in [0.29, 0.717) is 12.0 Å². The van der Waals surface area contributed by atoms with E-state index in [1.807, 2.05) is 12.3 Å². The van der Waals surface area contributed by atoms with Gasteiger partial charge in [0.25, 0.3) is 0 Å². The van der Waals surface area contributed by atoms with Gasteiger partial charge in [-0.1, -0.05) is 6.07 Å². The van der Waals surface area contributed by atoms with Gasteiger partial charge in [-0.3, -0.25) is 9.88 Å². The zero-order chi connectivity index (χ0) is 17.1. The maximum absolute atomic E-state index is 13.1. The van der Waals surface area contributed by atoms with Crippen molar-refractivity contribution in [1.82, 2.24) is 19.9 Å². The third kappa shape index (κ3) is 3.77. The lowest BCUT2D eigenvalue weighted by atomic mass is 10.0. The fraction of sp³-hybridized carbons (Fsp3) is 0.500. The Bertz CT molecular complexity index is 684. The van der Waals surface area contributed by atoms with Gasteiger partial charge in [-0.2, -0.15) is 0 Å². The van der Waals surface area contributed by atoms with Crippen LogP contribution in [-0.2, 0) is 11.3 Å². The number of anilines is 1. The minimum Gasteiger partial charge on any atom is -0.375 e. The summed E-state index contributed by atoms with van der Waals surface area (Å²) in [5.41, 5.74) is 1.23. The average Bonchev–Trinajstić information content (AvgIpc) is 2.87. The van der Waals surface area contributed by atoms with E-state index in [9.17, 15) is 4.39 Å². The molecule has 2 fully saturated rings. The molecule has 0 bridgehead atoms. The van der Waals surface area contributed by atoms with Crippen molar-refractivity contribution in [2.75, 3.05) is 31.1 Å². The summed E-state index contributed by atoms with van der Waals surface area (Å²) in [4.78, 5) is 17.1. The van der Waals surface area contributed by atoms with Crippen molar-refractivity contribution in [2.24, 2.45) is 0 Å². The second-order valence-corrected chi connectivity index (χ2v) is 6.57. The number of ether oxygens (including phenoxy) is 1. The second-order valence-electron chi connectivity index (χ2n) is 6.57. The zero-order valence-corrected chi connectivity index (χ0v) is 14.1. The van der Waals surface area contributed by atoms with E-state index in [4.69, 9.17) is 4.74 Å². The topological polar surface area (TPSA) is 54.4 Å². The Balaban J connectivity index is 1.46. The minimum atomic E-state index is -0.404. The predicted molar refractivity (Wildman–Crippen MR) is 91.6 cm³/mol. The van der Waals surface area contributed by atoms with E-state index in [-0.39, 0.29) is 6.10 Å². The van der Waals surface area contributed by atoms with Crippen LogP contribution in [0.25, 0.3) is 0 Å². The van der Waals surface area contributed by atoms with E-state index in [1.54, 1.807) is 6.20 Å². The van der Waals surface area contributed by atoms with Crippen molar-refractivity contribution >= 4 is 5.95 Å². The Hall–Kier alpha value is -2.12. The van der Waals surface area contributed by atoms with Gasteiger partial charge < -0.3 is 9.64 Å². The van der Waals surface area contributed by atoms with E-state index in [1.165, 1.54) is 18.0 Å². The zero-order valence-electron chi connectivity index (χ0n) is 14.1. The van der Waals surface area contributed by atoms with Gasteiger partial charge in [0.1, 0.15) is 0 Å². The maximum Gasteiger partial charge on any atom is 0.225 e. The number of morpholine rings is 1. The summed E-state index contributed by atoms with van der Waals surface area (Å²) in [6, 6.07) is 4.47. The Kier molecular flexibility index (Phi) is 4.85. The number of rotatable bonds is 3. The van der Waals surface area contributed by atoms with E-state index in [0.717, 1.165) is 45.6 Å². The van der Waals surface area contributed by atoms with Crippen LogP contribution in [0.2, 0.25) is 0 Å². The van der Waals surface area contributed by atoms with Crippen molar-refractivity contribution < 1.29 is 9.13 Å². The van der Waals surface area contributed by atoms with Gasteiger partial charge in [-0.05, 0) is 24.5 Å². The van der Waals surface area contributed by atoms with Crippen molar-refractivity contribution in [3.8, 4) is 0 Å². The number of fused-ring (bicyclic) bond motifs is 1. The fourth-order valence-corrected chi connectivity index (χ4v) is 3.75. The molecule has 0 unspecified atom stereocenters. The molecule has 0 aromatic carbocycles. The highest BCUT2D eigenvalue weighted by atomic mass is 19.1. The molecule has 0 aliphatic carbocycles. The van der Waals surface area contributed by atoms with Gasteiger partial charge in [-0.25, -0.2) is 14.4 Å². The highest BCUT2D eigenvalue weighted by Crippen LogP contribution is 2.26. The van der Waals surface area contributed by atoms with Gasteiger partial charge in [0.05, 0.1) is 25.1 Å². The summed E-state index contributed by atoms with van der Waals surface area (Å²) in [5, 5.41) is 0. The first-order valence-corrected chi connectivity index (χ1v) is 8.76. The summed E-state index contributed by atoms with van der Waals surface area (Å²) in [6.45, 7) is 4.26. The van der Waals surface area contributed by atoms with Crippen molar-refractivity contribution in [3.05, 3.63) is 48.3 Å². The highest BCUT2D eigenvalue weighted by molar-refractivity contribution is 5.29. The molecule has 0 radical (unpaired) electrons. The largest absolute Gasteiger partial charge is 0.375 e. The first-order chi connectivity index (χ1) is 12.3. The molecule has 4 heterocycles. The minimum absolute atomic E-state index is 0.218. The summed E-state index contributed by atoms with van der Waals surface area (Å²) in [7, 11) is 0. The molecule has 2 aliphatic heterocycles. The molecule has 132 valence electrons. The highest BCUT2D eigenvalue weighted by Gasteiger charge is 2.35. The quantitative estimate of drug-likeness (QED) is 0.848. The van der Waals surface area contributed by atoms with Crippen molar-refractivity contribution in [3.63, 3.8) is 0 Å². The molecule has 2 aromatic heterocycles. The van der Waals surface area contributed by atoms with Gasteiger partial charge in [-0.15, -0.1) is 0 Å². The molecule has 2 atom stereocenters. The average molecular weight is 343 g/mol. The lowest BCUT2D eigenvalue weighted by Crippen LogP contribution is -2.50.